The zero-order valence-electron chi connectivity index (χ0n) is 17.1. The number of hydrogen-bond acceptors (Lipinski definition) is 6. The fourth-order valence-corrected chi connectivity index (χ4v) is 3.79. The molecule has 0 radical (unpaired) electrons. The van der Waals surface area contributed by atoms with Gasteiger partial charge < -0.3 is 19.1 Å². The van der Waals surface area contributed by atoms with Crippen molar-refractivity contribution in [2.75, 3.05) is 40.5 Å². The molecule has 1 saturated heterocycles. The summed E-state index contributed by atoms with van der Waals surface area (Å²) in [6, 6.07) is 14.6. The molecule has 0 spiro atoms. The number of morpholine rings is 1. The smallest absolute Gasteiger partial charge is 0.278 e. The van der Waals surface area contributed by atoms with Gasteiger partial charge in [0.2, 0.25) is 0 Å². The number of rotatable bonds is 6. The highest BCUT2D eigenvalue weighted by Gasteiger charge is 2.42. The van der Waals surface area contributed by atoms with Gasteiger partial charge in [0.25, 0.3) is 11.8 Å². The van der Waals surface area contributed by atoms with Crippen LogP contribution in [0.25, 0.3) is 5.57 Å². The van der Waals surface area contributed by atoms with Crippen LogP contribution in [0.2, 0.25) is 0 Å². The average molecular weight is 408 g/mol. The summed E-state index contributed by atoms with van der Waals surface area (Å²) < 4.78 is 16.1. The topological polar surface area (TPSA) is 68.3 Å². The molecule has 0 atom stereocenters. The van der Waals surface area contributed by atoms with E-state index < -0.39 is 0 Å². The van der Waals surface area contributed by atoms with Crippen molar-refractivity contribution in [3.8, 4) is 11.5 Å². The molecule has 0 N–H and O–H groups in total. The third-order valence-corrected chi connectivity index (χ3v) is 5.35. The second-order valence-electron chi connectivity index (χ2n) is 7.07. The number of carbonyl (C=O) groups is 2. The molecule has 30 heavy (non-hydrogen) atoms. The van der Waals surface area contributed by atoms with Crippen molar-refractivity contribution in [1.29, 1.82) is 0 Å². The van der Waals surface area contributed by atoms with E-state index in [4.69, 9.17) is 14.2 Å². The predicted molar refractivity (Wildman–Crippen MR) is 111 cm³/mol. The third kappa shape index (κ3) is 3.64. The molecule has 2 aromatic carbocycles. The van der Waals surface area contributed by atoms with Crippen molar-refractivity contribution >= 4 is 17.4 Å². The van der Waals surface area contributed by atoms with Gasteiger partial charge in [-0.25, -0.2) is 0 Å². The van der Waals surface area contributed by atoms with Gasteiger partial charge in [0.15, 0.2) is 0 Å². The number of imide groups is 1. The van der Waals surface area contributed by atoms with E-state index in [1.807, 2.05) is 47.4 Å². The van der Waals surface area contributed by atoms with Crippen LogP contribution >= 0.6 is 0 Å². The highest BCUT2D eigenvalue weighted by molar-refractivity contribution is 6.35. The van der Waals surface area contributed by atoms with Crippen LogP contribution in [0, 0.1) is 0 Å². The molecule has 0 unspecified atom stereocenters. The van der Waals surface area contributed by atoms with Gasteiger partial charge in [-0.1, -0.05) is 30.3 Å². The van der Waals surface area contributed by atoms with E-state index in [-0.39, 0.29) is 18.4 Å². The van der Waals surface area contributed by atoms with Crippen LogP contribution in [0.4, 0.5) is 0 Å². The van der Waals surface area contributed by atoms with Crippen molar-refractivity contribution in [2.45, 2.75) is 6.54 Å². The molecule has 156 valence electrons. The van der Waals surface area contributed by atoms with Crippen molar-refractivity contribution in [3.63, 3.8) is 0 Å². The Hall–Kier alpha value is -3.32. The summed E-state index contributed by atoms with van der Waals surface area (Å²) in [4.78, 5) is 30.1. The van der Waals surface area contributed by atoms with Crippen LogP contribution in [0.1, 0.15) is 11.1 Å². The lowest BCUT2D eigenvalue weighted by Crippen LogP contribution is -2.40. The van der Waals surface area contributed by atoms with E-state index >= 15 is 0 Å². The normalized spacial score (nSPS) is 17.0. The Morgan fingerprint density at radius 1 is 0.900 bits per heavy atom. The first-order chi connectivity index (χ1) is 14.6. The molecule has 0 saturated carbocycles. The minimum atomic E-state index is -0.318. The minimum Gasteiger partial charge on any atom is -0.497 e. The minimum absolute atomic E-state index is 0.189. The summed E-state index contributed by atoms with van der Waals surface area (Å²) >= 11 is 0. The highest BCUT2D eigenvalue weighted by atomic mass is 16.5. The molecule has 2 aliphatic heterocycles. The van der Waals surface area contributed by atoms with Gasteiger partial charge in [-0.15, -0.1) is 0 Å². The Balaban J connectivity index is 1.73. The van der Waals surface area contributed by atoms with Crippen LogP contribution in [-0.4, -0.2) is 62.1 Å². The quantitative estimate of drug-likeness (QED) is 0.684. The van der Waals surface area contributed by atoms with Crippen molar-refractivity contribution < 1.29 is 23.8 Å². The Bertz CT molecular complexity index is 977. The van der Waals surface area contributed by atoms with E-state index in [0.717, 1.165) is 11.3 Å². The lowest BCUT2D eigenvalue weighted by atomic mass is 10.0. The van der Waals surface area contributed by atoms with Crippen LogP contribution in [-0.2, 0) is 20.9 Å². The molecule has 2 amide bonds. The lowest BCUT2D eigenvalue weighted by molar-refractivity contribution is -0.138. The number of carbonyl (C=O) groups excluding carboxylic acids is 2. The molecule has 7 nitrogen and oxygen atoms in total. The molecule has 7 heteroatoms. The van der Waals surface area contributed by atoms with Crippen molar-refractivity contribution in [3.05, 3.63) is 65.4 Å². The molecule has 0 aliphatic carbocycles. The molecule has 2 aromatic rings. The summed E-state index contributed by atoms with van der Waals surface area (Å²) in [6.45, 7) is 2.34. The van der Waals surface area contributed by atoms with E-state index in [2.05, 4.69) is 0 Å². The summed E-state index contributed by atoms with van der Waals surface area (Å²) in [5, 5.41) is 0. The van der Waals surface area contributed by atoms with Crippen molar-refractivity contribution in [1.82, 2.24) is 9.80 Å². The molecular formula is C23H24N2O5. The fraction of sp³-hybridized carbons (Fsp3) is 0.304. The van der Waals surface area contributed by atoms with Gasteiger partial charge in [-0.3, -0.25) is 14.5 Å². The summed E-state index contributed by atoms with van der Waals surface area (Å²) in [5.41, 5.74) is 2.27. The first kappa shape index (κ1) is 20.0. The largest absolute Gasteiger partial charge is 0.497 e. The molecular weight excluding hydrogens is 384 g/mol. The summed E-state index contributed by atoms with van der Waals surface area (Å²) in [5.74, 6) is 0.672. The predicted octanol–water partition coefficient (Wildman–Crippen LogP) is 2.32. The third-order valence-electron chi connectivity index (χ3n) is 5.35. The Kier molecular flexibility index (Phi) is 5.72. The number of hydrogen-bond donors (Lipinski definition) is 0. The van der Waals surface area contributed by atoms with Gasteiger partial charge in [0.1, 0.15) is 17.2 Å². The van der Waals surface area contributed by atoms with Gasteiger partial charge in [0.05, 0.1) is 39.6 Å². The molecule has 2 aliphatic rings. The first-order valence-electron chi connectivity index (χ1n) is 9.83. The number of nitrogens with zero attached hydrogens (tertiary/aromatic N) is 2. The standard InChI is InChI=1S/C23H24N2O5/c1-28-17-9-7-16(8-10-17)15-25-22(26)20(18-5-3-4-6-19(18)29-2)21(23(25)27)24-11-13-30-14-12-24/h3-10H,11-15H2,1-2H3. The second kappa shape index (κ2) is 8.59. The molecule has 4 rings (SSSR count). The molecule has 1 fully saturated rings. The Labute approximate surface area is 175 Å². The van der Waals surface area contributed by atoms with E-state index in [1.54, 1.807) is 20.3 Å². The summed E-state index contributed by atoms with van der Waals surface area (Å²) in [7, 11) is 3.16. The highest BCUT2D eigenvalue weighted by Crippen LogP contribution is 2.37. The Morgan fingerprint density at radius 3 is 2.27 bits per heavy atom. The zero-order valence-corrected chi connectivity index (χ0v) is 17.1. The van der Waals surface area contributed by atoms with Gasteiger partial charge >= 0.3 is 0 Å². The van der Waals surface area contributed by atoms with Crippen LogP contribution in [0.3, 0.4) is 0 Å². The Morgan fingerprint density at radius 2 is 1.60 bits per heavy atom. The van der Waals surface area contributed by atoms with Crippen LogP contribution in [0.5, 0.6) is 11.5 Å². The average Bonchev–Trinajstić information content (AvgIpc) is 3.04. The SMILES string of the molecule is COc1ccc(CN2C(=O)C(c3ccccc3OC)=C(N3CCOCC3)C2=O)cc1. The maximum Gasteiger partial charge on any atom is 0.278 e. The van der Waals surface area contributed by atoms with E-state index in [9.17, 15) is 9.59 Å². The monoisotopic (exact) mass is 408 g/mol. The number of ether oxygens (including phenoxy) is 3. The zero-order chi connectivity index (χ0) is 21.1. The lowest BCUT2D eigenvalue weighted by Gasteiger charge is -2.29. The van der Waals surface area contributed by atoms with E-state index in [0.29, 0.717) is 48.9 Å². The number of benzene rings is 2. The molecule has 2 heterocycles. The molecule has 0 bridgehead atoms. The van der Waals surface area contributed by atoms with Gasteiger partial charge in [-0.2, -0.15) is 0 Å². The summed E-state index contributed by atoms with van der Waals surface area (Å²) in [6.07, 6.45) is 0. The van der Waals surface area contributed by atoms with E-state index in [1.165, 1.54) is 4.90 Å². The molecule has 0 aromatic heterocycles. The van der Waals surface area contributed by atoms with Crippen molar-refractivity contribution in [2.24, 2.45) is 0 Å². The number of amides is 2. The van der Waals surface area contributed by atoms with Crippen LogP contribution < -0.4 is 9.47 Å². The second-order valence-corrected chi connectivity index (χ2v) is 7.07. The first-order valence-corrected chi connectivity index (χ1v) is 9.83. The van der Waals surface area contributed by atoms with Gasteiger partial charge in [-0.05, 0) is 23.8 Å². The maximum atomic E-state index is 13.5. The van der Waals surface area contributed by atoms with Gasteiger partial charge in [0, 0.05) is 18.7 Å². The maximum absolute atomic E-state index is 13.5. The number of para-hydroxylation sites is 1. The fourth-order valence-electron chi connectivity index (χ4n) is 3.79. The number of methoxy groups -OCH3 is 2. The van der Waals surface area contributed by atoms with Crippen LogP contribution in [0.15, 0.2) is 54.2 Å².